The van der Waals surface area contributed by atoms with Crippen molar-refractivity contribution >= 4 is 46.6 Å². The molecule has 3 amide bonds. The average molecular weight is 569 g/mol. The van der Waals surface area contributed by atoms with Crippen LogP contribution in [0, 0.1) is 5.82 Å². The summed E-state index contributed by atoms with van der Waals surface area (Å²) in [7, 11) is 1.48. The number of ether oxygens (including phenoxy) is 1. The molecule has 1 aliphatic carbocycles. The number of hydrogen-bond donors (Lipinski definition) is 3. The van der Waals surface area contributed by atoms with Crippen molar-refractivity contribution < 1.29 is 18.7 Å². The Kier molecular flexibility index (Phi) is 7.67. The molecule has 1 fully saturated rings. The molecule has 1 saturated carbocycles. The van der Waals surface area contributed by atoms with Crippen molar-refractivity contribution in [2.75, 3.05) is 17.7 Å². The fraction of sp³-hybridized carbons (Fsp3) is 0.185. The summed E-state index contributed by atoms with van der Waals surface area (Å²) in [6, 6.07) is 13.1. The van der Waals surface area contributed by atoms with Crippen molar-refractivity contribution in [2.45, 2.75) is 25.2 Å². The Hall–Kier alpha value is -4.15. The van der Waals surface area contributed by atoms with Gasteiger partial charge in [-0.2, -0.15) is 5.10 Å². The van der Waals surface area contributed by atoms with Crippen LogP contribution >= 0.6 is 23.2 Å². The van der Waals surface area contributed by atoms with E-state index in [1.165, 1.54) is 37.5 Å². The number of amides is 3. The molecule has 3 N–H and O–H groups in total. The Morgan fingerprint density at radius 1 is 1.03 bits per heavy atom. The molecule has 0 aliphatic heterocycles. The number of anilines is 2. The van der Waals surface area contributed by atoms with Gasteiger partial charge in [0, 0.05) is 53.1 Å². The minimum atomic E-state index is -0.711. The lowest BCUT2D eigenvalue weighted by Gasteiger charge is -2.22. The van der Waals surface area contributed by atoms with Gasteiger partial charge in [-0.15, -0.1) is 0 Å². The third kappa shape index (κ3) is 6.13. The van der Waals surface area contributed by atoms with Gasteiger partial charge in [0.25, 0.3) is 5.91 Å². The lowest BCUT2D eigenvalue weighted by molar-refractivity contribution is 0.0958. The predicted octanol–water partition coefficient (Wildman–Crippen LogP) is 6.78. The molecule has 0 bridgehead atoms. The van der Waals surface area contributed by atoms with Crippen LogP contribution in [-0.2, 0) is 0 Å². The highest BCUT2D eigenvalue weighted by atomic mass is 35.5. The molecule has 0 spiro atoms. The molecule has 4 aromatic rings. The van der Waals surface area contributed by atoms with Crippen LogP contribution in [0.2, 0.25) is 10.0 Å². The highest BCUT2D eigenvalue weighted by Gasteiger charge is 2.25. The van der Waals surface area contributed by atoms with Gasteiger partial charge >= 0.3 is 6.03 Å². The molecule has 12 heteroatoms. The number of nitrogens with one attached hydrogen (secondary N) is 3. The summed E-state index contributed by atoms with van der Waals surface area (Å²) >= 11 is 12.4. The Morgan fingerprint density at radius 3 is 2.46 bits per heavy atom. The average Bonchev–Trinajstić information content (AvgIpc) is 3.26. The third-order valence-electron chi connectivity index (χ3n) is 6.19. The molecule has 2 heterocycles. The van der Waals surface area contributed by atoms with Crippen molar-refractivity contribution in [2.24, 2.45) is 0 Å². The van der Waals surface area contributed by atoms with E-state index in [9.17, 15) is 14.0 Å². The largest absolute Gasteiger partial charge is 0.454 e. The van der Waals surface area contributed by atoms with Crippen LogP contribution in [0.25, 0.3) is 5.69 Å². The Balaban J connectivity index is 1.31. The van der Waals surface area contributed by atoms with Gasteiger partial charge in [-0.3, -0.25) is 15.1 Å². The van der Waals surface area contributed by atoms with Crippen LogP contribution in [0.3, 0.4) is 0 Å². The zero-order chi connectivity index (χ0) is 27.5. The van der Waals surface area contributed by atoms with Gasteiger partial charge in [-0.05, 0) is 49.2 Å². The second-order valence-corrected chi connectivity index (χ2v) is 9.78. The minimum absolute atomic E-state index is 0.0870. The number of pyridine rings is 1. The summed E-state index contributed by atoms with van der Waals surface area (Å²) in [6.45, 7) is 0. The number of carbonyl (C=O) groups excluding carboxylic acids is 2. The van der Waals surface area contributed by atoms with Gasteiger partial charge in [0.2, 0.25) is 0 Å². The van der Waals surface area contributed by atoms with Crippen LogP contribution in [0.15, 0.2) is 60.8 Å². The number of carbonyl (C=O) groups is 2. The number of halogens is 3. The standard InChI is InChI=1S/C27H23Cl2FN6O3/c1-31-26(37)23-13-20(7-8-32-23)39-24-6-5-18(12-21(24)30)33-27(38)34-25-14-22(15-3-2-4-15)35-36(25)19-10-16(28)9-17(29)11-19/h5-15H,2-4H2,1H3,(H,31,37)(H2,33,34,38). The van der Waals surface area contributed by atoms with E-state index in [0.29, 0.717) is 27.5 Å². The number of rotatable bonds is 7. The van der Waals surface area contributed by atoms with E-state index in [0.717, 1.165) is 31.0 Å². The zero-order valence-electron chi connectivity index (χ0n) is 20.7. The number of benzene rings is 2. The van der Waals surface area contributed by atoms with Crippen molar-refractivity contribution in [3.63, 3.8) is 0 Å². The third-order valence-corrected chi connectivity index (χ3v) is 6.63. The number of hydrogen-bond acceptors (Lipinski definition) is 5. The predicted molar refractivity (Wildman–Crippen MR) is 147 cm³/mol. The molecular formula is C27H23Cl2FN6O3. The Labute approximate surface area is 233 Å². The number of nitrogens with zero attached hydrogens (tertiary/aromatic N) is 3. The van der Waals surface area contributed by atoms with Gasteiger partial charge in [0.05, 0.1) is 11.4 Å². The Bertz CT molecular complexity index is 1540. The van der Waals surface area contributed by atoms with E-state index >= 15 is 0 Å². The van der Waals surface area contributed by atoms with Crippen LogP contribution < -0.4 is 20.7 Å². The molecule has 39 heavy (non-hydrogen) atoms. The highest BCUT2D eigenvalue weighted by Crippen LogP contribution is 2.37. The fourth-order valence-electron chi connectivity index (χ4n) is 4.04. The summed E-state index contributed by atoms with van der Waals surface area (Å²) in [5.74, 6) is -0.228. The first-order valence-corrected chi connectivity index (χ1v) is 12.8. The molecule has 0 unspecified atom stereocenters. The van der Waals surface area contributed by atoms with Gasteiger partial charge in [-0.25, -0.2) is 13.9 Å². The smallest absolute Gasteiger partial charge is 0.324 e. The summed E-state index contributed by atoms with van der Waals surface area (Å²) < 4.78 is 21.9. The molecule has 200 valence electrons. The number of aromatic nitrogens is 3. The topological polar surface area (TPSA) is 110 Å². The lowest BCUT2D eigenvalue weighted by Crippen LogP contribution is -2.21. The molecule has 1 aliphatic rings. The molecule has 9 nitrogen and oxygen atoms in total. The van der Waals surface area contributed by atoms with Crippen LogP contribution in [0.1, 0.15) is 41.4 Å². The first-order chi connectivity index (χ1) is 18.8. The molecular weight excluding hydrogens is 546 g/mol. The maximum Gasteiger partial charge on any atom is 0.324 e. The maximum absolute atomic E-state index is 14.8. The summed E-state index contributed by atoms with van der Waals surface area (Å²) in [5.41, 5.74) is 1.78. The van der Waals surface area contributed by atoms with Crippen LogP contribution in [0.5, 0.6) is 11.5 Å². The van der Waals surface area contributed by atoms with E-state index in [-0.39, 0.29) is 22.9 Å². The molecule has 0 saturated heterocycles. The van der Waals surface area contributed by atoms with E-state index in [1.807, 2.05) is 6.07 Å². The summed E-state index contributed by atoms with van der Waals surface area (Å²) in [4.78, 5) is 28.6. The maximum atomic E-state index is 14.8. The second-order valence-electron chi connectivity index (χ2n) is 8.90. The molecule has 2 aromatic heterocycles. The number of urea groups is 1. The van der Waals surface area contributed by atoms with Gasteiger partial charge in [0.15, 0.2) is 11.6 Å². The lowest BCUT2D eigenvalue weighted by atomic mass is 9.83. The van der Waals surface area contributed by atoms with Gasteiger partial charge in [0.1, 0.15) is 17.3 Å². The first kappa shape index (κ1) is 26.5. The molecule has 2 aromatic carbocycles. The molecule has 5 rings (SSSR count). The fourth-order valence-corrected chi connectivity index (χ4v) is 4.56. The van der Waals surface area contributed by atoms with Crippen molar-refractivity contribution in [1.82, 2.24) is 20.1 Å². The minimum Gasteiger partial charge on any atom is -0.454 e. The first-order valence-electron chi connectivity index (χ1n) is 12.1. The Morgan fingerprint density at radius 2 is 1.79 bits per heavy atom. The highest BCUT2D eigenvalue weighted by molar-refractivity contribution is 6.34. The monoisotopic (exact) mass is 568 g/mol. The van der Waals surface area contributed by atoms with Crippen molar-refractivity contribution in [3.05, 3.63) is 88.0 Å². The van der Waals surface area contributed by atoms with Crippen molar-refractivity contribution in [1.29, 1.82) is 0 Å². The molecule has 0 atom stereocenters. The van der Waals surface area contributed by atoms with Crippen molar-refractivity contribution in [3.8, 4) is 17.2 Å². The molecule has 0 radical (unpaired) electrons. The van der Waals surface area contributed by atoms with E-state index in [1.54, 1.807) is 22.9 Å². The second kappa shape index (κ2) is 11.3. The van der Waals surface area contributed by atoms with Gasteiger partial charge in [-0.1, -0.05) is 29.6 Å². The quantitative estimate of drug-likeness (QED) is 0.227. The van der Waals surface area contributed by atoms with Crippen LogP contribution in [0.4, 0.5) is 20.7 Å². The zero-order valence-corrected chi connectivity index (χ0v) is 22.2. The van der Waals surface area contributed by atoms with E-state index in [2.05, 4.69) is 26.0 Å². The van der Waals surface area contributed by atoms with Gasteiger partial charge < -0.3 is 15.4 Å². The normalized spacial score (nSPS) is 12.9. The van der Waals surface area contributed by atoms with Crippen LogP contribution in [-0.4, -0.2) is 33.8 Å². The summed E-state index contributed by atoms with van der Waals surface area (Å²) in [6.07, 6.45) is 4.57. The SMILES string of the molecule is CNC(=O)c1cc(Oc2ccc(NC(=O)Nc3cc(C4CCC4)nn3-c3cc(Cl)cc(Cl)c3)cc2F)ccn1. The van der Waals surface area contributed by atoms with E-state index < -0.39 is 17.8 Å². The van der Waals surface area contributed by atoms with E-state index in [4.69, 9.17) is 27.9 Å². The summed E-state index contributed by atoms with van der Waals surface area (Å²) in [5, 5.41) is 13.4.